The van der Waals surface area contributed by atoms with Crippen molar-refractivity contribution in [3.8, 4) is 11.1 Å². The van der Waals surface area contributed by atoms with Gasteiger partial charge in [0.1, 0.15) is 0 Å². The molecule has 0 aliphatic rings. The van der Waals surface area contributed by atoms with Gasteiger partial charge in [-0.3, -0.25) is 0 Å². The molecule has 0 bridgehead atoms. The topological polar surface area (TPSA) is 0 Å². The van der Waals surface area contributed by atoms with Crippen LogP contribution >= 0.6 is 0 Å². The van der Waals surface area contributed by atoms with Crippen LogP contribution in [0.2, 0.25) is 0 Å². The molecule has 0 saturated carbocycles. The first kappa shape index (κ1) is 17.0. The zero-order valence-corrected chi connectivity index (χ0v) is 14.9. The van der Waals surface area contributed by atoms with Crippen molar-refractivity contribution in [1.82, 2.24) is 0 Å². The minimum Gasteiger partial charge on any atom is -0.0795 e. The summed E-state index contributed by atoms with van der Waals surface area (Å²) in [6, 6.07) is 19.4. The molecule has 0 aliphatic carbocycles. The zero-order valence-electron chi connectivity index (χ0n) is 14.9. The molecule has 0 aliphatic heterocycles. The van der Waals surface area contributed by atoms with Gasteiger partial charge in [0.05, 0.1) is 0 Å². The molecular weight excluding hydrogens is 276 g/mol. The van der Waals surface area contributed by atoms with Gasteiger partial charge in [-0.2, -0.15) is 0 Å². The first-order valence-electron chi connectivity index (χ1n) is 8.47. The van der Waals surface area contributed by atoms with Gasteiger partial charge in [-0.05, 0) is 58.7 Å². The Hall–Kier alpha value is -2.34. The van der Waals surface area contributed by atoms with E-state index in [0.29, 0.717) is 0 Å². The predicted octanol–water partition coefficient (Wildman–Crippen LogP) is 5.44. The molecule has 3 rings (SSSR count). The van der Waals surface area contributed by atoms with Crippen molar-refractivity contribution < 1.29 is 0 Å². The molecule has 0 N–H and O–H groups in total. The SMILES string of the molecule is C/C=c1/c(C)c2ccccc2c(-c2ccccc2)/c1=C/C.CC. The Balaban J connectivity index is 0.000000924. The minimum absolute atomic E-state index is 1.28. The molecule has 0 heterocycles. The summed E-state index contributed by atoms with van der Waals surface area (Å²) in [5.74, 6) is 0. The van der Waals surface area contributed by atoms with E-state index in [4.69, 9.17) is 0 Å². The maximum atomic E-state index is 2.23. The van der Waals surface area contributed by atoms with Crippen LogP contribution in [0.3, 0.4) is 0 Å². The molecule has 0 unspecified atom stereocenters. The van der Waals surface area contributed by atoms with Crippen molar-refractivity contribution in [2.24, 2.45) is 0 Å². The molecule has 0 nitrogen and oxygen atoms in total. The van der Waals surface area contributed by atoms with Crippen LogP contribution in [0.1, 0.15) is 33.3 Å². The number of hydrogen-bond donors (Lipinski definition) is 0. The monoisotopic (exact) mass is 302 g/mol. The summed E-state index contributed by atoms with van der Waals surface area (Å²) < 4.78 is 0. The van der Waals surface area contributed by atoms with Crippen LogP contribution in [0.5, 0.6) is 0 Å². The van der Waals surface area contributed by atoms with E-state index in [1.54, 1.807) is 0 Å². The largest absolute Gasteiger partial charge is 0.0795 e. The summed E-state index contributed by atoms with van der Waals surface area (Å²) in [5.41, 5.74) is 3.98. The molecule has 0 amide bonds. The van der Waals surface area contributed by atoms with E-state index in [1.165, 1.54) is 37.9 Å². The van der Waals surface area contributed by atoms with Crippen molar-refractivity contribution in [2.45, 2.75) is 34.6 Å². The minimum atomic E-state index is 1.28. The molecule has 0 saturated heterocycles. The summed E-state index contributed by atoms with van der Waals surface area (Å²) >= 11 is 0. The van der Waals surface area contributed by atoms with Crippen LogP contribution in [-0.2, 0) is 0 Å². The Labute approximate surface area is 139 Å². The fourth-order valence-electron chi connectivity index (χ4n) is 3.24. The van der Waals surface area contributed by atoms with Crippen molar-refractivity contribution in [1.29, 1.82) is 0 Å². The van der Waals surface area contributed by atoms with E-state index >= 15 is 0 Å². The molecule has 0 heteroatoms. The molecule has 3 aromatic carbocycles. The van der Waals surface area contributed by atoms with Gasteiger partial charge >= 0.3 is 0 Å². The lowest BCUT2D eigenvalue weighted by Crippen LogP contribution is -2.29. The number of fused-ring (bicyclic) bond motifs is 1. The van der Waals surface area contributed by atoms with Gasteiger partial charge in [-0.25, -0.2) is 0 Å². The van der Waals surface area contributed by atoms with E-state index in [9.17, 15) is 0 Å². The molecule has 23 heavy (non-hydrogen) atoms. The second-order valence-electron chi connectivity index (χ2n) is 5.32. The predicted molar refractivity (Wildman–Crippen MR) is 105 cm³/mol. The average Bonchev–Trinajstić information content (AvgIpc) is 2.64. The smallest absolute Gasteiger partial charge is 0.00300 e. The fraction of sp³-hybridized carbons (Fsp3) is 0.217. The normalized spacial score (nSPS) is 12.2. The highest BCUT2D eigenvalue weighted by Crippen LogP contribution is 2.26. The first-order chi connectivity index (χ1) is 11.3. The second-order valence-corrected chi connectivity index (χ2v) is 5.32. The third-order valence-corrected chi connectivity index (χ3v) is 4.20. The van der Waals surface area contributed by atoms with Crippen molar-refractivity contribution in [2.75, 3.05) is 0 Å². The Morgan fingerprint density at radius 3 is 1.74 bits per heavy atom. The lowest BCUT2D eigenvalue weighted by atomic mass is 9.91. The number of rotatable bonds is 1. The van der Waals surface area contributed by atoms with E-state index < -0.39 is 0 Å². The van der Waals surface area contributed by atoms with Crippen LogP contribution in [0.15, 0.2) is 54.6 Å². The van der Waals surface area contributed by atoms with Crippen molar-refractivity contribution in [3.05, 3.63) is 70.6 Å². The highest BCUT2D eigenvalue weighted by atomic mass is 14.1. The van der Waals surface area contributed by atoms with Gasteiger partial charge in [0.2, 0.25) is 0 Å². The number of aryl methyl sites for hydroxylation is 1. The Morgan fingerprint density at radius 2 is 1.17 bits per heavy atom. The quantitative estimate of drug-likeness (QED) is 0.561. The van der Waals surface area contributed by atoms with Gasteiger partial charge in [-0.1, -0.05) is 80.6 Å². The molecule has 0 aromatic heterocycles. The summed E-state index contributed by atoms with van der Waals surface area (Å²) in [4.78, 5) is 0. The van der Waals surface area contributed by atoms with Crippen molar-refractivity contribution >= 4 is 22.9 Å². The molecule has 0 spiro atoms. The lowest BCUT2D eigenvalue weighted by Gasteiger charge is -2.12. The van der Waals surface area contributed by atoms with E-state index in [2.05, 4.69) is 87.5 Å². The van der Waals surface area contributed by atoms with Crippen LogP contribution in [-0.4, -0.2) is 0 Å². The van der Waals surface area contributed by atoms with Crippen LogP contribution < -0.4 is 10.4 Å². The van der Waals surface area contributed by atoms with E-state index in [-0.39, 0.29) is 0 Å². The first-order valence-corrected chi connectivity index (χ1v) is 8.47. The summed E-state index contributed by atoms with van der Waals surface area (Å²) in [6.07, 6.45) is 4.46. The van der Waals surface area contributed by atoms with Gasteiger partial charge in [-0.15, -0.1) is 0 Å². The Morgan fingerprint density at radius 1 is 0.652 bits per heavy atom. The van der Waals surface area contributed by atoms with Gasteiger partial charge in [0.25, 0.3) is 0 Å². The third kappa shape index (κ3) is 3.07. The van der Waals surface area contributed by atoms with Crippen LogP contribution in [0.25, 0.3) is 34.1 Å². The summed E-state index contributed by atoms with van der Waals surface area (Å²) in [6.45, 7) is 10.5. The fourth-order valence-corrected chi connectivity index (χ4v) is 3.24. The highest BCUT2D eigenvalue weighted by molar-refractivity contribution is 5.99. The number of benzene rings is 3. The molecule has 3 aromatic rings. The Kier molecular flexibility index (Phi) is 5.76. The second kappa shape index (κ2) is 7.78. The van der Waals surface area contributed by atoms with Crippen LogP contribution in [0, 0.1) is 6.92 Å². The molecule has 0 fully saturated rings. The third-order valence-electron chi connectivity index (χ3n) is 4.20. The molecule has 0 radical (unpaired) electrons. The van der Waals surface area contributed by atoms with Gasteiger partial charge < -0.3 is 0 Å². The maximum absolute atomic E-state index is 2.23. The average molecular weight is 302 g/mol. The Bertz CT molecular complexity index is 900. The standard InChI is InChI=1S/C21H20.C2H6/c1-4-17-15(3)19-13-9-10-14-20(19)21(18(17)5-2)16-11-7-6-8-12-16;1-2/h4-14H,1-3H3;1-2H3/b17-4-,18-5+;. The highest BCUT2D eigenvalue weighted by Gasteiger charge is 2.09. The molecule has 118 valence electrons. The summed E-state index contributed by atoms with van der Waals surface area (Å²) in [5, 5.41) is 5.35. The summed E-state index contributed by atoms with van der Waals surface area (Å²) in [7, 11) is 0. The number of hydrogen-bond acceptors (Lipinski definition) is 0. The van der Waals surface area contributed by atoms with Gasteiger partial charge in [0, 0.05) is 0 Å². The van der Waals surface area contributed by atoms with Gasteiger partial charge in [0.15, 0.2) is 0 Å². The molecule has 0 atom stereocenters. The molecular formula is C23H26. The lowest BCUT2D eigenvalue weighted by molar-refractivity contribution is 1.40. The van der Waals surface area contributed by atoms with Crippen LogP contribution in [0.4, 0.5) is 0 Å². The maximum Gasteiger partial charge on any atom is -0.00300 e. The van der Waals surface area contributed by atoms with E-state index in [1.807, 2.05) is 13.8 Å². The van der Waals surface area contributed by atoms with E-state index in [0.717, 1.165) is 0 Å². The zero-order chi connectivity index (χ0) is 16.8. The van der Waals surface area contributed by atoms with Crippen molar-refractivity contribution in [3.63, 3.8) is 0 Å².